The smallest absolute Gasteiger partial charge is 0.317 e. The fraction of sp³-hybridized carbons (Fsp3) is 0.923. The van der Waals surface area contributed by atoms with E-state index in [-0.39, 0.29) is 18.2 Å². The topological polar surface area (TPSA) is 79.0 Å². The van der Waals surface area contributed by atoms with Crippen LogP contribution in [-0.4, -0.2) is 75.3 Å². The van der Waals surface area contributed by atoms with Crippen molar-refractivity contribution in [3.63, 3.8) is 0 Å². The second-order valence-corrected chi connectivity index (χ2v) is 7.86. The number of carbonyl (C=O) groups is 1. The lowest BCUT2D eigenvalue weighted by Crippen LogP contribution is -2.50. The first kappa shape index (κ1) is 16.5. The quantitative estimate of drug-likeness (QED) is 0.804. The summed E-state index contributed by atoms with van der Waals surface area (Å²) in [6.07, 6.45) is 4.77. The minimum Gasteiger partial charge on any atom is -0.376 e. The summed E-state index contributed by atoms with van der Waals surface area (Å²) in [5, 5.41) is 2.90. The Bertz CT molecular complexity index is 454. The molecule has 0 saturated carbocycles. The number of nitrogens with one attached hydrogen (secondary N) is 1. The molecule has 0 aromatic heterocycles. The van der Waals surface area contributed by atoms with E-state index >= 15 is 0 Å². The number of urea groups is 1. The number of hydrogen-bond donors (Lipinski definition) is 1. The van der Waals surface area contributed by atoms with Crippen molar-refractivity contribution in [3.8, 4) is 0 Å². The maximum atomic E-state index is 12.1. The average Bonchev–Trinajstić information content (AvgIpc) is 2.96. The van der Waals surface area contributed by atoms with Gasteiger partial charge in [0.2, 0.25) is 10.0 Å². The fourth-order valence-electron chi connectivity index (χ4n) is 2.82. The first-order chi connectivity index (χ1) is 9.88. The predicted molar refractivity (Wildman–Crippen MR) is 79.6 cm³/mol. The number of rotatable bonds is 4. The molecular formula is C13H25N3O4S. The Labute approximate surface area is 126 Å². The molecule has 2 amide bonds. The molecule has 2 rings (SSSR count). The van der Waals surface area contributed by atoms with Gasteiger partial charge in [-0.3, -0.25) is 0 Å². The molecule has 7 nitrogen and oxygen atoms in total. The maximum absolute atomic E-state index is 12.1. The maximum Gasteiger partial charge on any atom is 0.317 e. The summed E-state index contributed by atoms with van der Waals surface area (Å²) in [6.45, 7) is 2.51. The van der Waals surface area contributed by atoms with Crippen molar-refractivity contribution in [2.45, 2.75) is 37.8 Å². The van der Waals surface area contributed by atoms with E-state index in [1.54, 1.807) is 11.9 Å². The zero-order valence-electron chi connectivity index (χ0n) is 12.7. The highest BCUT2D eigenvalue weighted by Gasteiger charge is 2.29. The van der Waals surface area contributed by atoms with Crippen LogP contribution in [0.5, 0.6) is 0 Å². The van der Waals surface area contributed by atoms with Crippen LogP contribution in [0.4, 0.5) is 4.79 Å². The fourth-order valence-corrected chi connectivity index (χ4v) is 3.57. The molecule has 0 bridgehead atoms. The molecule has 1 N–H and O–H groups in total. The molecule has 0 aromatic carbocycles. The minimum atomic E-state index is -3.16. The lowest BCUT2D eigenvalue weighted by atomic mass is 10.1. The Hall–Kier alpha value is -0.860. The molecule has 1 unspecified atom stereocenters. The van der Waals surface area contributed by atoms with Crippen molar-refractivity contribution >= 4 is 16.1 Å². The van der Waals surface area contributed by atoms with E-state index < -0.39 is 10.0 Å². The van der Waals surface area contributed by atoms with E-state index in [4.69, 9.17) is 4.74 Å². The Kier molecular flexibility index (Phi) is 5.45. The number of carbonyl (C=O) groups excluding carboxylic acids is 1. The molecule has 2 aliphatic heterocycles. The Balaban J connectivity index is 1.74. The molecule has 2 aliphatic rings. The average molecular weight is 319 g/mol. The lowest BCUT2D eigenvalue weighted by molar-refractivity contribution is 0.107. The van der Waals surface area contributed by atoms with E-state index in [1.165, 1.54) is 10.6 Å². The van der Waals surface area contributed by atoms with Crippen LogP contribution in [-0.2, 0) is 14.8 Å². The molecule has 2 fully saturated rings. The molecule has 0 radical (unpaired) electrons. The summed E-state index contributed by atoms with van der Waals surface area (Å²) in [4.78, 5) is 13.8. The van der Waals surface area contributed by atoms with Crippen molar-refractivity contribution in [3.05, 3.63) is 0 Å². The first-order valence-corrected chi connectivity index (χ1v) is 9.30. The normalized spacial score (nSPS) is 24.5. The number of piperidine rings is 1. The van der Waals surface area contributed by atoms with E-state index in [0.717, 1.165) is 19.4 Å². The van der Waals surface area contributed by atoms with Crippen LogP contribution >= 0.6 is 0 Å². The van der Waals surface area contributed by atoms with Gasteiger partial charge in [0.25, 0.3) is 0 Å². The first-order valence-electron chi connectivity index (χ1n) is 7.45. The third-order valence-corrected chi connectivity index (χ3v) is 5.64. The van der Waals surface area contributed by atoms with Crippen molar-refractivity contribution in [1.29, 1.82) is 0 Å². The molecule has 2 saturated heterocycles. The van der Waals surface area contributed by atoms with E-state index in [1.807, 2.05) is 0 Å². The van der Waals surface area contributed by atoms with E-state index in [2.05, 4.69) is 5.32 Å². The molecule has 0 aliphatic carbocycles. The van der Waals surface area contributed by atoms with Crippen LogP contribution in [0.1, 0.15) is 25.7 Å². The molecule has 21 heavy (non-hydrogen) atoms. The van der Waals surface area contributed by atoms with Crippen LogP contribution < -0.4 is 5.32 Å². The summed E-state index contributed by atoms with van der Waals surface area (Å²) in [5.41, 5.74) is 0. The summed E-state index contributed by atoms with van der Waals surface area (Å²) in [5.74, 6) is 0. The van der Waals surface area contributed by atoms with Gasteiger partial charge in [-0.05, 0) is 25.7 Å². The highest BCUT2D eigenvalue weighted by Crippen LogP contribution is 2.17. The highest BCUT2D eigenvalue weighted by molar-refractivity contribution is 7.88. The van der Waals surface area contributed by atoms with Crippen molar-refractivity contribution in [1.82, 2.24) is 14.5 Å². The largest absolute Gasteiger partial charge is 0.376 e. The van der Waals surface area contributed by atoms with Gasteiger partial charge >= 0.3 is 6.03 Å². The van der Waals surface area contributed by atoms with Gasteiger partial charge in [0.15, 0.2) is 0 Å². The highest BCUT2D eigenvalue weighted by atomic mass is 32.2. The van der Waals surface area contributed by atoms with Crippen molar-refractivity contribution in [2.75, 3.05) is 39.5 Å². The number of hydrogen-bond acceptors (Lipinski definition) is 4. The molecule has 8 heteroatoms. The lowest BCUT2D eigenvalue weighted by Gasteiger charge is -2.35. The van der Waals surface area contributed by atoms with Gasteiger partial charge in [-0.1, -0.05) is 0 Å². The Morgan fingerprint density at radius 3 is 2.52 bits per heavy atom. The van der Waals surface area contributed by atoms with Gasteiger partial charge in [-0.15, -0.1) is 0 Å². The van der Waals surface area contributed by atoms with Crippen LogP contribution in [0.25, 0.3) is 0 Å². The van der Waals surface area contributed by atoms with Gasteiger partial charge in [-0.25, -0.2) is 17.5 Å². The van der Waals surface area contributed by atoms with E-state index in [0.29, 0.717) is 32.5 Å². The Morgan fingerprint density at radius 1 is 1.33 bits per heavy atom. The minimum absolute atomic E-state index is 0.0118. The van der Waals surface area contributed by atoms with Crippen LogP contribution in [0.3, 0.4) is 0 Å². The number of nitrogens with zero attached hydrogens (tertiary/aromatic N) is 2. The third kappa shape index (κ3) is 4.55. The van der Waals surface area contributed by atoms with Crippen molar-refractivity contribution in [2.24, 2.45) is 0 Å². The van der Waals surface area contributed by atoms with Crippen LogP contribution in [0.2, 0.25) is 0 Å². The van der Waals surface area contributed by atoms with Gasteiger partial charge in [0.1, 0.15) is 0 Å². The van der Waals surface area contributed by atoms with E-state index in [9.17, 15) is 13.2 Å². The molecule has 2 heterocycles. The summed E-state index contributed by atoms with van der Waals surface area (Å²) in [7, 11) is -1.56. The molecular weight excluding hydrogens is 294 g/mol. The molecule has 122 valence electrons. The SMILES string of the molecule is CN(C1CCN(C(=O)NCC2CCCO2)CC1)S(C)(=O)=O. The number of amides is 2. The number of ether oxygens (including phenoxy) is 1. The summed E-state index contributed by atoms with van der Waals surface area (Å²) >= 11 is 0. The van der Waals surface area contributed by atoms with Crippen LogP contribution in [0.15, 0.2) is 0 Å². The number of likely N-dealkylation sites (tertiary alicyclic amines) is 1. The molecule has 1 atom stereocenters. The molecule has 0 spiro atoms. The van der Waals surface area contributed by atoms with Crippen LogP contribution in [0, 0.1) is 0 Å². The monoisotopic (exact) mass is 319 g/mol. The van der Waals surface area contributed by atoms with Gasteiger partial charge < -0.3 is 15.0 Å². The van der Waals surface area contributed by atoms with Gasteiger partial charge in [0, 0.05) is 39.3 Å². The summed E-state index contributed by atoms with van der Waals surface area (Å²) < 4.78 is 29.9. The summed E-state index contributed by atoms with van der Waals surface area (Å²) in [6, 6.07) is -0.0897. The zero-order chi connectivity index (χ0) is 15.5. The third-order valence-electron chi connectivity index (χ3n) is 4.29. The second-order valence-electron chi connectivity index (χ2n) is 5.82. The second kappa shape index (κ2) is 6.93. The zero-order valence-corrected chi connectivity index (χ0v) is 13.6. The standard InChI is InChI=1S/C13H25N3O4S/c1-15(21(2,18)19)11-5-7-16(8-6-11)13(17)14-10-12-4-3-9-20-12/h11-12H,3-10H2,1-2H3,(H,14,17). The van der Waals surface area contributed by atoms with Crippen molar-refractivity contribution < 1.29 is 17.9 Å². The molecule has 0 aromatic rings. The number of sulfonamides is 1. The Morgan fingerprint density at radius 2 is 2.00 bits per heavy atom. The van der Waals surface area contributed by atoms with Gasteiger partial charge in [0.05, 0.1) is 12.4 Å². The predicted octanol–water partition coefficient (Wildman–Crippen LogP) is 0.231. The van der Waals surface area contributed by atoms with Gasteiger partial charge in [-0.2, -0.15) is 0 Å².